The van der Waals surface area contributed by atoms with Gasteiger partial charge in [0, 0.05) is 29.6 Å². The summed E-state index contributed by atoms with van der Waals surface area (Å²) in [5, 5.41) is 2.25. The molecule has 0 saturated carbocycles. The monoisotopic (exact) mass is 369 g/mol. The first-order chi connectivity index (χ1) is 11.0. The van der Waals surface area contributed by atoms with E-state index in [0.717, 1.165) is 0 Å². The van der Waals surface area contributed by atoms with Gasteiger partial charge in [-0.05, 0) is 36.4 Å². The van der Waals surface area contributed by atoms with Crippen molar-refractivity contribution in [3.8, 4) is 0 Å². The highest BCUT2D eigenvalue weighted by atomic mass is 35.5. The molecule has 4 nitrogen and oxygen atoms in total. The minimum Gasteiger partial charge on any atom is -0.294 e. The fourth-order valence-corrected chi connectivity index (χ4v) is 5.65. The van der Waals surface area contributed by atoms with Crippen molar-refractivity contribution >= 4 is 38.7 Å². The van der Waals surface area contributed by atoms with Gasteiger partial charge in [0.05, 0.1) is 0 Å². The molecule has 0 amide bonds. The molecule has 7 heteroatoms. The fraction of sp³-hybridized carbons (Fsp3) is 0.312. The third-order valence-electron chi connectivity index (χ3n) is 3.95. The number of halogens is 1. The van der Waals surface area contributed by atoms with Crippen LogP contribution in [0.5, 0.6) is 0 Å². The maximum atomic E-state index is 12.6. The largest absolute Gasteiger partial charge is 0.294 e. The molecule has 1 fully saturated rings. The van der Waals surface area contributed by atoms with E-state index in [-0.39, 0.29) is 18.2 Å². The lowest BCUT2D eigenvalue weighted by molar-refractivity contribution is 0.0872. The van der Waals surface area contributed by atoms with Crippen LogP contribution in [0.2, 0.25) is 5.02 Å². The van der Waals surface area contributed by atoms with E-state index in [1.807, 2.05) is 0 Å². The summed E-state index contributed by atoms with van der Waals surface area (Å²) in [7, 11) is -3.50. The number of benzene rings is 1. The molecule has 0 bridgehead atoms. The van der Waals surface area contributed by atoms with Gasteiger partial charge in [0.2, 0.25) is 0 Å². The zero-order valence-corrected chi connectivity index (χ0v) is 14.7. The molecule has 1 aliphatic rings. The number of sulfonamides is 1. The van der Waals surface area contributed by atoms with Crippen molar-refractivity contribution in [3.63, 3.8) is 0 Å². The summed E-state index contributed by atoms with van der Waals surface area (Å²) in [5.74, 6) is -0.365. The number of nitrogens with zero attached hydrogens (tertiary/aromatic N) is 1. The van der Waals surface area contributed by atoms with Gasteiger partial charge in [0.25, 0.3) is 10.0 Å². The molecule has 1 aliphatic heterocycles. The molecule has 3 rings (SSSR count). The Labute approximate surface area is 144 Å². The average Bonchev–Trinajstić information content (AvgIpc) is 3.09. The van der Waals surface area contributed by atoms with Crippen molar-refractivity contribution < 1.29 is 13.2 Å². The topological polar surface area (TPSA) is 54.5 Å². The number of rotatable bonds is 4. The molecule has 0 aliphatic carbocycles. The van der Waals surface area contributed by atoms with Crippen LogP contribution in [0.1, 0.15) is 23.2 Å². The summed E-state index contributed by atoms with van der Waals surface area (Å²) in [5.41, 5.74) is 0.540. The lowest BCUT2D eigenvalue weighted by Crippen LogP contribution is -2.42. The number of hydrogen-bond donors (Lipinski definition) is 0. The third kappa shape index (κ3) is 3.50. The Morgan fingerprint density at radius 3 is 2.78 bits per heavy atom. The molecule has 1 aromatic heterocycles. The Hall–Kier alpha value is -1.21. The van der Waals surface area contributed by atoms with Crippen LogP contribution in [0.3, 0.4) is 0 Å². The van der Waals surface area contributed by atoms with Crippen molar-refractivity contribution in [2.24, 2.45) is 5.92 Å². The van der Waals surface area contributed by atoms with Crippen LogP contribution in [-0.4, -0.2) is 31.6 Å². The zero-order valence-electron chi connectivity index (χ0n) is 12.3. The second kappa shape index (κ2) is 6.73. The van der Waals surface area contributed by atoms with E-state index in [1.54, 1.807) is 41.8 Å². The lowest BCUT2D eigenvalue weighted by atomic mass is 9.91. The Morgan fingerprint density at radius 2 is 2.09 bits per heavy atom. The normalized spacial score (nSPS) is 19.6. The Balaban J connectivity index is 1.80. The second-order valence-corrected chi connectivity index (χ2v) is 9.06. The molecular weight excluding hydrogens is 354 g/mol. The summed E-state index contributed by atoms with van der Waals surface area (Å²) < 4.78 is 27.0. The standard InChI is InChI=1S/C16H16ClNO3S2/c17-14-6-1-4-12(10-14)16(19)13-5-2-8-18(11-13)23(20,21)15-7-3-9-22-15/h1,3-4,6-7,9-10,13H,2,5,8,11H2/t13-/m1/s1. The minimum absolute atomic E-state index is 0.0430. The fourth-order valence-electron chi connectivity index (χ4n) is 2.79. The van der Waals surface area contributed by atoms with E-state index in [2.05, 4.69) is 0 Å². The number of carbonyl (C=O) groups is 1. The second-order valence-electron chi connectivity index (χ2n) is 5.51. The van der Waals surface area contributed by atoms with Crippen molar-refractivity contribution in [1.29, 1.82) is 0 Å². The maximum Gasteiger partial charge on any atom is 0.252 e. The van der Waals surface area contributed by atoms with Gasteiger partial charge in [-0.2, -0.15) is 4.31 Å². The van der Waals surface area contributed by atoms with Gasteiger partial charge in [-0.15, -0.1) is 11.3 Å². The van der Waals surface area contributed by atoms with E-state index < -0.39 is 10.0 Å². The molecule has 1 atom stereocenters. The predicted molar refractivity (Wildman–Crippen MR) is 91.6 cm³/mol. The molecule has 0 unspecified atom stereocenters. The summed E-state index contributed by atoms with van der Waals surface area (Å²) in [6, 6.07) is 10.1. The highest BCUT2D eigenvalue weighted by Gasteiger charge is 2.34. The number of hydrogen-bond acceptors (Lipinski definition) is 4. The first-order valence-electron chi connectivity index (χ1n) is 7.32. The van der Waals surface area contributed by atoms with Gasteiger partial charge in [-0.1, -0.05) is 29.8 Å². The van der Waals surface area contributed by atoms with Gasteiger partial charge < -0.3 is 0 Å². The molecule has 0 radical (unpaired) electrons. The quantitative estimate of drug-likeness (QED) is 0.772. The minimum atomic E-state index is -3.50. The van der Waals surface area contributed by atoms with Gasteiger partial charge >= 0.3 is 0 Å². The van der Waals surface area contributed by atoms with Crippen molar-refractivity contribution in [1.82, 2.24) is 4.31 Å². The van der Waals surface area contributed by atoms with Crippen LogP contribution < -0.4 is 0 Å². The SMILES string of the molecule is O=C(c1cccc(Cl)c1)[C@@H]1CCCN(S(=O)(=O)c2cccs2)C1. The summed E-state index contributed by atoms with van der Waals surface area (Å²) in [6.45, 7) is 0.686. The molecule has 1 aromatic carbocycles. The number of thiophene rings is 1. The van der Waals surface area contributed by atoms with E-state index >= 15 is 0 Å². The average molecular weight is 370 g/mol. The maximum absolute atomic E-state index is 12.6. The summed E-state index contributed by atoms with van der Waals surface area (Å²) in [6.07, 6.45) is 1.38. The molecule has 122 valence electrons. The smallest absolute Gasteiger partial charge is 0.252 e. The van der Waals surface area contributed by atoms with E-state index in [1.165, 1.54) is 15.6 Å². The molecule has 2 heterocycles. The zero-order chi connectivity index (χ0) is 16.4. The number of carbonyl (C=O) groups excluding carboxylic acids is 1. The third-order valence-corrected chi connectivity index (χ3v) is 7.43. The van der Waals surface area contributed by atoms with Gasteiger partial charge in [-0.3, -0.25) is 4.79 Å². The number of Topliss-reactive ketones (excluding diaryl/α,β-unsaturated/α-hetero) is 1. The summed E-state index contributed by atoms with van der Waals surface area (Å²) >= 11 is 7.14. The Morgan fingerprint density at radius 1 is 1.26 bits per heavy atom. The molecule has 23 heavy (non-hydrogen) atoms. The predicted octanol–water partition coefficient (Wildman–Crippen LogP) is 3.69. The van der Waals surface area contributed by atoms with Crippen molar-refractivity contribution in [3.05, 3.63) is 52.4 Å². The molecule has 0 spiro atoms. The highest BCUT2D eigenvalue weighted by molar-refractivity contribution is 7.91. The van der Waals surface area contributed by atoms with E-state index in [4.69, 9.17) is 11.6 Å². The van der Waals surface area contributed by atoms with E-state index in [9.17, 15) is 13.2 Å². The first kappa shape index (κ1) is 16.6. The van der Waals surface area contributed by atoms with Crippen LogP contribution >= 0.6 is 22.9 Å². The van der Waals surface area contributed by atoms with Crippen LogP contribution in [0.4, 0.5) is 0 Å². The molecular formula is C16H16ClNO3S2. The van der Waals surface area contributed by atoms with Gasteiger partial charge in [0.15, 0.2) is 5.78 Å². The Kier molecular flexibility index (Phi) is 4.87. The van der Waals surface area contributed by atoms with Crippen molar-refractivity contribution in [2.45, 2.75) is 17.1 Å². The lowest BCUT2D eigenvalue weighted by Gasteiger charge is -2.30. The first-order valence-corrected chi connectivity index (χ1v) is 10.0. The van der Waals surface area contributed by atoms with Crippen molar-refractivity contribution in [2.75, 3.05) is 13.1 Å². The molecule has 0 N–H and O–H groups in total. The molecule has 1 saturated heterocycles. The number of piperidine rings is 1. The summed E-state index contributed by atoms with van der Waals surface area (Å²) in [4.78, 5) is 12.6. The number of ketones is 1. The van der Waals surface area contributed by atoms with Crippen LogP contribution in [0, 0.1) is 5.92 Å². The Bertz CT molecular complexity index is 802. The van der Waals surface area contributed by atoms with E-state index in [0.29, 0.717) is 34.2 Å². The van der Waals surface area contributed by atoms with Gasteiger partial charge in [-0.25, -0.2) is 8.42 Å². The highest BCUT2D eigenvalue weighted by Crippen LogP contribution is 2.28. The van der Waals surface area contributed by atoms with Gasteiger partial charge in [0.1, 0.15) is 4.21 Å². The van der Waals surface area contributed by atoms with Crippen LogP contribution in [0.25, 0.3) is 0 Å². The van der Waals surface area contributed by atoms with Crippen LogP contribution in [-0.2, 0) is 10.0 Å². The van der Waals surface area contributed by atoms with Crippen LogP contribution in [0.15, 0.2) is 46.0 Å². The molecule has 2 aromatic rings.